The van der Waals surface area contributed by atoms with Gasteiger partial charge in [-0.2, -0.15) is 0 Å². The van der Waals surface area contributed by atoms with E-state index in [1.807, 2.05) is 6.92 Å². The van der Waals surface area contributed by atoms with E-state index in [1.54, 1.807) is 18.2 Å². The van der Waals surface area contributed by atoms with Gasteiger partial charge in [0.2, 0.25) is 17.7 Å². The van der Waals surface area contributed by atoms with E-state index >= 15 is 0 Å². The number of esters is 1. The molecule has 5 heteroatoms. The topological polar surface area (TPSA) is 69.7 Å². The van der Waals surface area contributed by atoms with Gasteiger partial charge in [-0.1, -0.05) is 58.1 Å². The van der Waals surface area contributed by atoms with Crippen molar-refractivity contribution in [2.75, 3.05) is 6.61 Å². The van der Waals surface area contributed by atoms with Crippen molar-refractivity contribution in [3.8, 4) is 5.75 Å². The van der Waals surface area contributed by atoms with Crippen molar-refractivity contribution in [3.05, 3.63) is 29.3 Å². The number of hydrogen-bond acceptors (Lipinski definition) is 5. The number of Topliss-reactive ketones (excluding diaryl/α,β-unsaturated/α-hetero) is 2. The van der Waals surface area contributed by atoms with Gasteiger partial charge in [-0.05, 0) is 18.9 Å². The van der Waals surface area contributed by atoms with Crippen molar-refractivity contribution in [2.24, 2.45) is 0 Å². The number of fused-ring (bicyclic) bond motifs is 1. The third-order valence-corrected chi connectivity index (χ3v) is 4.47. The van der Waals surface area contributed by atoms with Gasteiger partial charge in [0, 0.05) is 12.0 Å². The Labute approximate surface area is 155 Å². The smallest absolute Gasteiger partial charge is 0.306 e. The highest BCUT2D eigenvalue weighted by molar-refractivity contribution is 6.30. The van der Waals surface area contributed by atoms with E-state index in [9.17, 15) is 14.4 Å². The Balaban J connectivity index is 1.96. The zero-order valence-electron chi connectivity index (χ0n) is 15.7. The van der Waals surface area contributed by atoms with E-state index in [4.69, 9.17) is 9.47 Å². The number of carbonyl (C=O) groups excluding carboxylic acids is 3. The molecule has 1 unspecified atom stereocenters. The fraction of sp³-hybridized carbons (Fsp3) is 0.571. The fourth-order valence-corrected chi connectivity index (χ4v) is 3.07. The van der Waals surface area contributed by atoms with Gasteiger partial charge >= 0.3 is 5.97 Å². The summed E-state index contributed by atoms with van der Waals surface area (Å²) in [6, 6.07) is 4.97. The van der Waals surface area contributed by atoms with Crippen LogP contribution in [0.4, 0.5) is 0 Å². The van der Waals surface area contributed by atoms with Crippen LogP contribution < -0.4 is 4.74 Å². The molecule has 2 rings (SSSR count). The molecule has 1 aromatic carbocycles. The number of unbranched alkanes of at least 4 members (excludes halogenated alkanes) is 5. The van der Waals surface area contributed by atoms with Crippen LogP contribution in [0.15, 0.2) is 18.2 Å². The summed E-state index contributed by atoms with van der Waals surface area (Å²) in [5, 5.41) is 0. The molecule has 1 aliphatic rings. The second kappa shape index (κ2) is 10.1. The summed E-state index contributed by atoms with van der Waals surface area (Å²) in [5.74, 6) is -1.06. The van der Waals surface area contributed by atoms with Crippen LogP contribution in [0.2, 0.25) is 0 Å². The summed E-state index contributed by atoms with van der Waals surface area (Å²) in [5.41, 5.74) is 0.530. The predicted octanol–water partition coefficient (Wildman–Crippen LogP) is 4.52. The van der Waals surface area contributed by atoms with E-state index < -0.39 is 23.6 Å². The van der Waals surface area contributed by atoms with Gasteiger partial charge in [0.25, 0.3) is 0 Å². The van der Waals surface area contributed by atoms with Crippen LogP contribution in [-0.4, -0.2) is 30.2 Å². The Morgan fingerprint density at radius 1 is 0.962 bits per heavy atom. The molecule has 0 fully saturated rings. The van der Waals surface area contributed by atoms with Crippen molar-refractivity contribution in [2.45, 2.75) is 71.3 Å². The molecule has 0 spiro atoms. The molecule has 5 nitrogen and oxygen atoms in total. The number of ketones is 2. The molecule has 0 aliphatic heterocycles. The molecular weight excluding hydrogens is 332 g/mol. The van der Waals surface area contributed by atoms with Gasteiger partial charge in [0.05, 0.1) is 12.2 Å². The van der Waals surface area contributed by atoms with Gasteiger partial charge < -0.3 is 9.47 Å². The van der Waals surface area contributed by atoms with E-state index in [2.05, 4.69) is 6.92 Å². The standard InChI is InChI=1S/C21H28O5/c1-3-5-6-7-8-9-14-25-16-13-10-12-15-18(16)20(24)21(19(15)23)26-17(22)11-4-2/h10,12-13,21H,3-9,11,14H2,1-2H3. The maximum absolute atomic E-state index is 12.6. The Hall–Kier alpha value is -2.17. The summed E-state index contributed by atoms with van der Waals surface area (Å²) in [6.07, 6.45) is 6.30. The maximum atomic E-state index is 12.6. The van der Waals surface area contributed by atoms with Gasteiger partial charge in [-0.3, -0.25) is 14.4 Å². The van der Waals surface area contributed by atoms with Crippen molar-refractivity contribution in [3.63, 3.8) is 0 Å². The van der Waals surface area contributed by atoms with Crippen LogP contribution in [0.3, 0.4) is 0 Å². The van der Waals surface area contributed by atoms with E-state index in [-0.39, 0.29) is 17.5 Å². The number of ether oxygens (including phenoxy) is 2. The SMILES string of the molecule is CCCCCCCCOc1cccc2c1C(=O)C(OC(=O)CCC)C2=O. The molecule has 26 heavy (non-hydrogen) atoms. The van der Waals surface area contributed by atoms with Gasteiger partial charge in [-0.25, -0.2) is 0 Å². The second-order valence-corrected chi connectivity index (χ2v) is 6.64. The first-order valence-electron chi connectivity index (χ1n) is 9.63. The molecule has 1 aliphatic carbocycles. The number of hydrogen-bond donors (Lipinski definition) is 0. The highest BCUT2D eigenvalue weighted by Gasteiger charge is 2.43. The average Bonchev–Trinajstić information content (AvgIpc) is 2.87. The molecule has 0 aromatic heterocycles. The van der Waals surface area contributed by atoms with Crippen molar-refractivity contribution in [1.82, 2.24) is 0 Å². The van der Waals surface area contributed by atoms with Crippen LogP contribution in [0.5, 0.6) is 5.75 Å². The average molecular weight is 360 g/mol. The van der Waals surface area contributed by atoms with Crippen LogP contribution in [0.25, 0.3) is 0 Å². The first kappa shape index (κ1) is 20.1. The molecule has 0 N–H and O–H groups in total. The lowest BCUT2D eigenvalue weighted by Crippen LogP contribution is -2.28. The Morgan fingerprint density at radius 2 is 1.69 bits per heavy atom. The summed E-state index contributed by atoms with van der Waals surface area (Å²) >= 11 is 0. The highest BCUT2D eigenvalue weighted by atomic mass is 16.6. The summed E-state index contributed by atoms with van der Waals surface area (Å²) < 4.78 is 10.9. The zero-order chi connectivity index (χ0) is 18.9. The monoisotopic (exact) mass is 360 g/mol. The molecule has 0 heterocycles. The molecular formula is C21H28O5. The number of benzene rings is 1. The molecule has 0 saturated carbocycles. The highest BCUT2D eigenvalue weighted by Crippen LogP contribution is 2.32. The van der Waals surface area contributed by atoms with E-state index in [0.29, 0.717) is 18.8 Å². The number of carbonyl (C=O) groups is 3. The summed E-state index contributed by atoms with van der Waals surface area (Å²) in [7, 11) is 0. The van der Waals surface area contributed by atoms with Crippen LogP contribution in [-0.2, 0) is 9.53 Å². The molecule has 0 bridgehead atoms. The summed E-state index contributed by atoms with van der Waals surface area (Å²) in [6.45, 7) is 4.52. The Kier molecular flexibility index (Phi) is 7.82. The minimum atomic E-state index is -1.36. The van der Waals surface area contributed by atoms with Gasteiger partial charge in [-0.15, -0.1) is 0 Å². The fourth-order valence-electron chi connectivity index (χ4n) is 3.07. The zero-order valence-corrected chi connectivity index (χ0v) is 15.7. The van der Waals surface area contributed by atoms with Crippen LogP contribution in [0.1, 0.15) is 85.9 Å². The molecule has 1 aromatic rings. The van der Waals surface area contributed by atoms with E-state index in [1.165, 1.54) is 25.7 Å². The van der Waals surface area contributed by atoms with Crippen molar-refractivity contribution in [1.29, 1.82) is 0 Å². The molecule has 142 valence electrons. The predicted molar refractivity (Wildman–Crippen MR) is 98.8 cm³/mol. The minimum absolute atomic E-state index is 0.189. The first-order chi connectivity index (χ1) is 12.6. The lowest BCUT2D eigenvalue weighted by atomic mass is 10.1. The molecule has 1 atom stereocenters. The molecule has 0 saturated heterocycles. The van der Waals surface area contributed by atoms with Crippen LogP contribution in [0, 0.1) is 0 Å². The van der Waals surface area contributed by atoms with E-state index in [0.717, 1.165) is 12.8 Å². The van der Waals surface area contributed by atoms with Gasteiger partial charge in [0.1, 0.15) is 5.75 Å². The minimum Gasteiger partial charge on any atom is -0.493 e. The van der Waals surface area contributed by atoms with Crippen molar-refractivity contribution >= 4 is 17.5 Å². The summed E-state index contributed by atoms with van der Waals surface area (Å²) in [4.78, 5) is 36.7. The normalized spacial score (nSPS) is 15.8. The Bertz CT molecular complexity index is 650. The van der Waals surface area contributed by atoms with Crippen LogP contribution >= 0.6 is 0 Å². The van der Waals surface area contributed by atoms with Gasteiger partial charge in [0.15, 0.2) is 0 Å². The third kappa shape index (κ3) is 4.93. The Morgan fingerprint density at radius 3 is 2.42 bits per heavy atom. The molecule has 0 amide bonds. The molecule has 0 radical (unpaired) electrons. The largest absolute Gasteiger partial charge is 0.493 e. The lowest BCUT2D eigenvalue weighted by Gasteiger charge is -2.10. The van der Waals surface area contributed by atoms with Crippen molar-refractivity contribution < 1.29 is 23.9 Å². The maximum Gasteiger partial charge on any atom is 0.306 e. The lowest BCUT2D eigenvalue weighted by molar-refractivity contribution is -0.145. The second-order valence-electron chi connectivity index (χ2n) is 6.64. The first-order valence-corrected chi connectivity index (χ1v) is 9.63. The third-order valence-electron chi connectivity index (χ3n) is 4.47. The quantitative estimate of drug-likeness (QED) is 0.330. The number of rotatable bonds is 11.